The Labute approximate surface area is 91.2 Å². The van der Waals surface area contributed by atoms with Crippen LogP contribution in [0.1, 0.15) is 0 Å². The summed E-state index contributed by atoms with van der Waals surface area (Å²) in [4.78, 5) is 8.25. The average Bonchev–Trinajstić information content (AvgIpc) is 0.811. The van der Waals surface area contributed by atoms with E-state index in [1.165, 1.54) is 0 Å². The Morgan fingerprint density at radius 2 is 1.00 bits per heavy atom. The molecule has 0 saturated heterocycles. The smallest absolute Gasteiger partial charge is 1.00 e. The first-order valence-electron chi connectivity index (χ1n) is 0.548. The van der Waals surface area contributed by atoms with Crippen LogP contribution in [0, 0.1) is 15.3 Å². The summed E-state index contributed by atoms with van der Waals surface area (Å²) >= 11 is 0. The minimum Gasteiger partial charge on any atom is -1.00 e. The van der Waals surface area contributed by atoms with Crippen LogP contribution in [0.25, 0.3) is 0 Å². The minimum absolute atomic E-state index is 0. The molecule has 0 spiro atoms. The molecule has 60 valence electrons. The van der Waals surface area contributed by atoms with Crippen molar-refractivity contribution >= 4 is 0 Å². The number of halogens is 3. The Bertz CT molecular complexity index is 42.0. The zero-order chi connectivity index (χ0) is 3.58. The molecular formula is Cl3CoMnNO3. The van der Waals surface area contributed by atoms with Gasteiger partial charge in [-0.15, -0.1) is 0 Å². The van der Waals surface area contributed by atoms with Crippen molar-refractivity contribution in [2.75, 3.05) is 0 Å². The quantitative estimate of drug-likeness (QED) is 0.252. The maximum atomic E-state index is 8.25. The van der Waals surface area contributed by atoms with Crippen molar-refractivity contribution < 1.29 is 76.2 Å². The van der Waals surface area contributed by atoms with Crippen LogP contribution in [0.4, 0.5) is 0 Å². The van der Waals surface area contributed by atoms with Crippen LogP contribution in [0.3, 0.4) is 0 Å². The second-order valence-corrected chi connectivity index (χ2v) is 0.224. The maximum absolute atomic E-state index is 8.25. The minimum atomic E-state index is -1.75. The van der Waals surface area contributed by atoms with E-state index in [0.717, 1.165) is 0 Å². The van der Waals surface area contributed by atoms with Gasteiger partial charge < -0.3 is 52.5 Å². The Balaban J connectivity index is -0.00000000450. The van der Waals surface area contributed by atoms with Gasteiger partial charge in [-0.3, -0.25) is 0 Å². The summed E-state index contributed by atoms with van der Waals surface area (Å²) in [7, 11) is 0. The molecule has 0 saturated carbocycles. The molecule has 0 fully saturated rings. The van der Waals surface area contributed by atoms with E-state index in [-0.39, 0.29) is 71.1 Å². The van der Waals surface area contributed by atoms with Crippen LogP contribution >= 0.6 is 0 Å². The van der Waals surface area contributed by atoms with Gasteiger partial charge in [-0.1, -0.05) is 0 Å². The van der Waals surface area contributed by atoms with E-state index < -0.39 is 5.09 Å². The van der Waals surface area contributed by atoms with Gasteiger partial charge in [0.1, 0.15) is 0 Å². The fourth-order valence-electron chi connectivity index (χ4n) is 0. The van der Waals surface area contributed by atoms with Gasteiger partial charge in [-0.05, 0) is 0 Å². The first-order valence-corrected chi connectivity index (χ1v) is 0.548. The summed E-state index contributed by atoms with van der Waals surface area (Å²) in [5.74, 6) is 0. The van der Waals surface area contributed by atoms with Crippen molar-refractivity contribution in [3.8, 4) is 0 Å². The van der Waals surface area contributed by atoms with Crippen LogP contribution in [0.2, 0.25) is 0 Å². The molecule has 2 radical (unpaired) electrons. The summed E-state index contributed by atoms with van der Waals surface area (Å²) in [6.45, 7) is 0. The first-order chi connectivity index (χ1) is 1.73. The number of nitrogens with zero attached hydrogens (tertiary/aromatic N) is 1. The van der Waals surface area contributed by atoms with Gasteiger partial charge in [0.25, 0.3) is 0 Å². The molecule has 0 aromatic rings. The summed E-state index contributed by atoms with van der Waals surface area (Å²) in [5, 5.41) is 14.8. The summed E-state index contributed by atoms with van der Waals surface area (Å²) in [5.41, 5.74) is 0. The summed E-state index contributed by atoms with van der Waals surface area (Å²) < 4.78 is 0. The third-order valence-corrected chi connectivity index (χ3v) is 0. The van der Waals surface area contributed by atoms with Gasteiger partial charge >= 0.3 is 33.8 Å². The number of rotatable bonds is 0. The zero-order valence-electron chi connectivity index (χ0n) is 3.52. The van der Waals surface area contributed by atoms with Crippen LogP contribution in [0.5, 0.6) is 0 Å². The fraction of sp³-hybridized carbons (Fsp3) is 0. The molecule has 9 heavy (non-hydrogen) atoms. The Morgan fingerprint density at radius 3 is 1.00 bits per heavy atom. The van der Waals surface area contributed by atoms with Gasteiger partial charge in [-0.2, -0.15) is 0 Å². The van der Waals surface area contributed by atoms with Crippen molar-refractivity contribution in [2.24, 2.45) is 0 Å². The van der Waals surface area contributed by atoms with Gasteiger partial charge in [0.05, 0.1) is 5.09 Å². The normalized spacial score (nSPS) is 2.67. The van der Waals surface area contributed by atoms with Crippen molar-refractivity contribution in [1.29, 1.82) is 0 Å². The number of hydrogen-bond donors (Lipinski definition) is 0. The largest absolute Gasteiger partial charge is 2.00 e. The van der Waals surface area contributed by atoms with Crippen LogP contribution in [-0.2, 0) is 33.8 Å². The van der Waals surface area contributed by atoms with Crippen molar-refractivity contribution in [3.05, 3.63) is 15.3 Å². The summed E-state index contributed by atoms with van der Waals surface area (Å²) in [6, 6.07) is 0. The van der Waals surface area contributed by atoms with E-state index in [0.29, 0.717) is 0 Å². The second kappa shape index (κ2) is 35.5. The van der Waals surface area contributed by atoms with E-state index in [2.05, 4.69) is 0 Å². The molecule has 0 aliphatic carbocycles. The third kappa shape index (κ3) is 381. The molecule has 4 nitrogen and oxygen atoms in total. The third-order valence-electron chi connectivity index (χ3n) is 0. The van der Waals surface area contributed by atoms with E-state index >= 15 is 0 Å². The first kappa shape index (κ1) is 49.8. The molecule has 0 aromatic heterocycles. The number of hydrogen-bond acceptors (Lipinski definition) is 3. The molecule has 0 aliphatic rings. The fourth-order valence-corrected chi connectivity index (χ4v) is 0. The van der Waals surface area contributed by atoms with Crippen LogP contribution in [0.15, 0.2) is 0 Å². The van der Waals surface area contributed by atoms with Gasteiger partial charge in [0.2, 0.25) is 0 Å². The van der Waals surface area contributed by atoms with Crippen molar-refractivity contribution in [3.63, 3.8) is 0 Å². The molecule has 0 N–H and O–H groups in total. The summed E-state index contributed by atoms with van der Waals surface area (Å²) in [6.07, 6.45) is 0. The Morgan fingerprint density at radius 1 is 1.00 bits per heavy atom. The maximum Gasteiger partial charge on any atom is 2.00 e. The molecule has 0 heterocycles. The van der Waals surface area contributed by atoms with E-state index in [9.17, 15) is 0 Å². The van der Waals surface area contributed by atoms with E-state index in [1.807, 2.05) is 0 Å². The van der Waals surface area contributed by atoms with Crippen LogP contribution in [-0.4, -0.2) is 5.09 Å². The Hall–Kier alpha value is 1.10. The second-order valence-electron chi connectivity index (χ2n) is 0.224. The van der Waals surface area contributed by atoms with Crippen molar-refractivity contribution in [1.82, 2.24) is 0 Å². The standard InChI is InChI=1S/3ClH.Co.Mn.NO3/c;;;;;2-1(3)4/h3*1H;;;/q;;;2*+2;-1/p-3. The van der Waals surface area contributed by atoms with Crippen LogP contribution < -0.4 is 37.2 Å². The molecule has 0 amide bonds. The predicted octanol–water partition coefficient (Wildman–Crippen LogP) is -9.23. The average molecular weight is 282 g/mol. The molecule has 0 aromatic carbocycles. The molecule has 0 bridgehead atoms. The molecule has 0 rings (SSSR count). The van der Waals surface area contributed by atoms with E-state index in [4.69, 9.17) is 15.3 Å². The zero-order valence-corrected chi connectivity index (χ0v) is 8.01. The molecular weight excluding hydrogens is 282 g/mol. The topological polar surface area (TPSA) is 66.2 Å². The monoisotopic (exact) mass is 281 g/mol. The molecule has 0 atom stereocenters. The molecule has 9 heteroatoms. The van der Waals surface area contributed by atoms with Gasteiger partial charge in [-0.25, -0.2) is 0 Å². The molecule has 0 unspecified atom stereocenters. The molecule has 0 aliphatic heterocycles. The van der Waals surface area contributed by atoms with E-state index in [1.54, 1.807) is 0 Å². The Kier molecular flexibility index (Phi) is 197. The van der Waals surface area contributed by atoms with Gasteiger partial charge in [0.15, 0.2) is 0 Å². The SMILES string of the molecule is O=[N+]([O-])[O-].[Cl-].[Cl-].[Cl-].[Co+2].[Mn+2]. The van der Waals surface area contributed by atoms with Crippen molar-refractivity contribution in [2.45, 2.75) is 0 Å². The predicted molar refractivity (Wildman–Crippen MR) is 10.4 cm³/mol. The van der Waals surface area contributed by atoms with Gasteiger partial charge in [0, 0.05) is 0 Å².